The largest absolute Gasteiger partial charge is 0.370 e. The zero-order valence-corrected chi connectivity index (χ0v) is 45.9. The number of imide groups is 1. The summed E-state index contributed by atoms with van der Waals surface area (Å²) in [6.07, 6.45) is 2.45. The van der Waals surface area contributed by atoms with Crippen LogP contribution >= 0.6 is 0 Å². The maximum atomic E-state index is 15.3. The van der Waals surface area contributed by atoms with E-state index in [4.69, 9.17) is 28.0 Å². The molecule has 0 bridgehead atoms. The molecule has 1 aliphatic heterocycles. The Morgan fingerprint density at radius 2 is 1.33 bits per heavy atom. The number of fused-ring (bicyclic) bond motifs is 1. The number of carbonyl (C=O) groups excluding carboxylic acids is 9. The molecule has 1 fully saturated rings. The summed E-state index contributed by atoms with van der Waals surface area (Å²) in [6.45, 7) is 3.09. The Morgan fingerprint density at radius 3 is 1.99 bits per heavy atom. The standard InChI is InChI=1S/C56H78N16O9/c1-3-35(28-36-16-6-4-7-17-36)33-72-53(80)46(70-49(76)42(66-34(2)73)23-14-26-63-54(58)59)31-47(74)62-25-13-12-22-41(48(57)75)67-52(79)45(30-38-32-65-40-21-11-10-20-39(38)40)69-50(77)43(24-15-27-64-55(60)61)68-51(78)44(71-56(72)81)29-37-18-8-5-9-19-37/h4-11,16-21,32,35,41-46,65H,3,12-15,22-31,33H2,1-2H3,(H2,57,75)(H,62,74)(H,66,73)(H,67,79)(H,68,78)(H,69,77)(H,70,76)(H,71,81)(H4,58,59,63)(H4,60,61,64)/t35-,41-,42-,43-,44+,45-,46-/m0/s1. The highest BCUT2D eigenvalue weighted by Crippen LogP contribution is 2.21. The van der Waals surface area contributed by atoms with Crippen LogP contribution < -0.4 is 65.1 Å². The highest BCUT2D eigenvalue weighted by Gasteiger charge is 2.38. The SMILES string of the molecule is CC[C@@H](Cc1ccccc1)CN1C(=O)N[C@H](Cc2ccccc2)C(=O)N[C@@H](CCCNC(=N)N)C(=O)N[C@@H](Cc2c[nH]c3ccccc23)C(=O)N[C@H](C(N)=O)CCCCNC(=O)C[C@H](NC(=O)[C@H](CCCNC(=N)N)NC(C)=O)C1=O. The normalized spacial score (nSPS) is 19.8. The van der Waals surface area contributed by atoms with E-state index in [0.29, 0.717) is 24.0 Å². The fourth-order valence-corrected chi connectivity index (χ4v) is 9.40. The van der Waals surface area contributed by atoms with Crippen LogP contribution in [0.5, 0.6) is 0 Å². The number of aromatic amines is 1. The number of urea groups is 1. The van der Waals surface area contributed by atoms with Gasteiger partial charge in [0.1, 0.15) is 36.3 Å². The Labute approximate surface area is 470 Å². The van der Waals surface area contributed by atoms with Gasteiger partial charge in [-0.2, -0.15) is 0 Å². The number of nitrogens with zero attached hydrogens (tertiary/aromatic N) is 1. The van der Waals surface area contributed by atoms with E-state index in [0.717, 1.165) is 21.4 Å². The van der Waals surface area contributed by atoms with Gasteiger partial charge in [-0.25, -0.2) is 4.79 Å². The molecule has 5 rings (SSSR count). The van der Waals surface area contributed by atoms with Crippen molar-refractivity contribution in [3.8, 4) is 0 Å². The number of H-pyrrole nitrogens is 1. The summed E-state index contributed by atoms with van der Waals surface area (Å²) >= 11 is 0. The van der Waals surface area contributed by atoms with E-state index in [-0.39, 0.29) is 95.9 Å². The molecule has 2 heterocycles. The maximum absolute atomic E-state index is 15.3. The van der Waals surface area contributed by atoms with Gasteiger partial charge >= 0.3 is 6.03 Å². The van der Waals surface area contributed by atoms with Crippen LogP contribution in [0.3, 0.4) is 0 Å². The minimum atomic E-state index is -1.73. The molecular formula is C56H78N16O9. The summed E-state index contributed by atoms with van der Waals surface area (Å²) in [5.74, 6) is -7.50. The summed E-state index contributed by atoms with van der Waals surface area (Å²) in [4.78, 5) is 132. The van der Waals surface area contributed by atoms with E-state index in [1.165, 1.54) is 6.92 Å². The van der Waals surface area contributed by atoms with Gasteiger partial charge in [0, 0.05) is 63.0 Å². The van der Waals surface area contributed by atoms with E-state index in [1.54, 1.807) is 36.5 Å². The average molecular weight is 1120 g/mol. The first-order chi connectivity index (χ1) is 38.8. The number of primary amides is 1. The number of carbonyl (C=O) groups is 9. The Morgan fingerprint density at radius 1 is 0.728 bits per heavy atom. The lowest BCUT2D eigenvalue weighted by Gasteiger charge is -2.32. The van der Waals surface area contributed by atoms with Gasteiger partial charge in [0.15, 0.2) is 11.9 Å². The molecule has 0 aliphatic carbocycles. The fourth-order valence-electron chi connectivity index (χ4n) is 9.40. The van der Waals surface area contributed by atoms with Gasteiger partial charge in [0.2, 0.25) is 41.4 Å². The molecule has 25 nitrogen and oxygen atoms in total. The average Bonchev–Trinajstić information content (AvgIpc) is 3.89. The van der Waals surface area contributed by atoms with Crippen molar-refractivity contribution in [1.82, 2.24) is 57.7 Å². The molecule has 7 atom stereocenters. The second-order valence-electron chi connectivity index (χ2n) is 20.1. The molecule has 1 aromatic heterocycles. The highest BCUT2D eigenvalue weighted by atomic mass is 16.2. The van der Waals surface area contributed by atoms with Crippen LogP contribution in [0.25, 0.3) is 10.9 Å². The van der Waals surface area contributed by atoms with Crippen molar-refractivity contribution in [2.24, 2.45) is 23.1 Å². The molecule has 1 aliphatic rings. The summed E-state index contributed by atoms with van der Waals surface area (Å²) in [6, 6.07) is 15.8. The third kappa shape index (κ3) is 20.9. The van der Waals surface area contributed by atoms with Crippen LogP contribution in [0.15, 0.2) is 91.1 Å². The number of hydrogen-bond donors (Lipinski definition) is 15. The minimum Gasteiger partial charge on any atom is -0.370 e. The van der Waals surface area contributed by atoms with Crippen molar-refractivity contribution in [3.05, 3.63) is 108 Å². The summed E-state index contributed by atoms with van der Waals surface area (Å²) in [7, 11) is 0. The lowest BCUT2D eigenvalue weighted by atomic mass is 9.96. The van der Waals surface area contributed by atoms with Crippen molar-refractivity contribution in [2.45, 2.75) is 127 Å². The minimum absolute atomic E-state index is 0.00280. The fraction of sp³-hybridized carbons (Fsp3) is 0.446. The number of benzene rings is 3. The van der Waals surface area contributed by atoms with Crippen LogP contribution in [-0.4, -0.2) is 138 Å². The Bertz CT molecular complexity index is 2810. The molecule has 0 unspecified atom stereocenters. The Balaban J connectivity index is 1.60. The topological polar surface area (TPSA) is 407 Å². The van der Waals surface area contributed by atoms with Crippen molar-refractivity contribution in [1.29, 1.82) is 10.8 Å². The van der Waals surface area contributed by atoms with E-state index in [1.807, 2.05) is 61.5 Å². The zero-order valence-electron chi connectivity index (χ0n) is 45.9. The van der Waals surface area contributed by atoms with E-state index >= 15 is 9.59 Å². The third-order valence-electron chi connectivity index (χ3n) is 13.7. The Hall–Kier alpha value is -9.03. The molecule has 18 N–H and O–H groups in total. The lowest BCUT2D eigenvalue weighted by molar-refractivity contribution is -0.138. The molecule has 436 valence electrons. The predicted molar refractivity (Wildman–Crippen MR) is 304 cm³/mol. The monoisotopic (exact) mass is 1120 g/mol. The molecular weight excluding hydrogens is 1040 g/mol. The number of rotatable bonds is 21. The molecule has 1 saturated heterocycles. The van der Waals surface area contributed by atoms with Crippen LogP contribution in [0, 0.1) is 16.7 Å². The second kappa shape index (κ2) is 32.1. The van der Waals surface area contributed by atoms with Gasteiger partial charge in [-0.05, 0) is 80.0 Å². The van der Waals surface area contributed by atoms with E-state index in [2.05, 4.69) is 52.8 Å². The third-order valence-corrected chi connectivity index (χ3v) is 13.7. The highest BCUT2D eigenvalue weighted by molar-refractivity contribution is 6.03. The van der Waals surface area contributed by atoms with Crippen molar-refractivity contribution < 1.29 is 43.2 Å². The van der Waals surface area contributed by atoms with Crippen molar-refractivity contribution in [3.63, 3.8) is 0 Å². The van der Waals surface area contributed by atoms with Gasteiger partial charge in [-0.15, -0.1) is 0 Å². The number of hydrogen-bond acceptors (Lipinski definition) is 11. The second-order valence-corrected chi connectivity index (χ2v) is 20.1. The molecule has 0 radical (unpaired) electrons. The van der Waals surface area contributed by atoms with Crippen LogP contribution in [-0.2, 0) is 57.6 Å². The molecule has 0 spiro atoms. The zero-order chi connectivity index (χ0) is 58.8. The van der Waals surface area contributed by atoms with Gasteiger partial charge in [-0.3, -0.25) is 54.1 Å². The lowest BCUT2D eigenvalue weighted by Crippen LogP contribution is -2.61. The molecule has 25 heteroatoms. The smallest absolute Gasteiger partial charge is 0.324 e. The summed E-state index contributed by atoms with van der Waals surface area (Å²) in [5, 5.41) is 40.2. The summed E-state index contributed by atoms with van der Waals surface area (Å²) in [5.41, 5.74) is 19.7. The number of aromatic nitrogens is 1. The summed E-state index contributed by atoms with van der Waals surface area (Å²) < 4.78 is 0. The molecule has 4 aromatic rings. The van der Waals surface area contributed by atoms with Crippen LogP contribution in [0.4, 0.5) is 4.79 Å². The number of para-hydroxylation sites is 1. The molecule has 0 saturated carbocycles. The first-order valence-corrected chi connectivity index (χ1v) is 27.3. The van der Waals surface area contributed by atoms with Gasteiger partial charge in [0.05, 0.1) is 6.42 Å². The first kappa shape index (κ1) is 62.8. The van der Waals surface area contributed by atoms with Gasteiger partial charge in [0.25, 0.3) is 5.91 Å². The van der Waals surface area contributed by atoms with Crippen LogP contribution in [0.1, 0.15) is 88.3 Å². The van der Waals surface area contributed by atoms with Crippen molar-refractivity contribution >= 4 is 76.1 Å². The maximum Gasteiger partial charge on any atom is 0.324 e. The number of amides is 10. The van der Waals surface area contributed by atoms with Crippen molar-refractivity contribution in [2.75, 3.05) is 26.2 Å². The predicted octanol–water partition coefficient (Wildman–Crippen LogP) is 0.275. The quantitative estimate of drug-likeness (QED) is 0.0303. The van der Waals surface area contributed by atoms with E-state index in [9.17, 15) is 33.6 Å². The number of guanidine groups is 2. The van der Waals surface area contributed by atoms with Crippen LogP contribution in [0.2, 0.25) is 0 Å². The molecule has 3 aromatic carbocycles. The number of nitrogens with two attached hydrogens (primary N) is 3. The van der Waals surface area contributed by atoms with E-state index < -0.39 is 102 Å². The number of nitrogens with one attached hydrogen (secondary N) is 12. The van der Waals surface area contributed by atoms with Gasteiger partial charge in [-0.1, -0.05) is 92.2 Å². The first-order valence-electron chi connectivity index (χ1n) is 27.3. The molecule has 10 amide bonds. The molecule has 81 heavy (non-hydrogen) atoms. The Kier molecular flexibility index (Phi) is 24.9. The van der Waals surface area contributed by atoms with Gasteiger partial charge < -0.3 is 70.0 Å².